The van der Waals surface area contributed by atoms with Crippen molar-refractivity contribution in [3.63, 3.8) is 0 Å². The van der Waals surface area contributed by atoms with Gasteiger partial charge in [0.25, 0.3) is 11.8 Å². The van der Waals surface area contributed by atoms with Crippen LogP contribution in [0.1, 0.15) is 33.7 Å². The van der Waals surface area contributed by atoms with Crippen molar-refractivity contribution >= 4 is 22.8 Å². The van der Waals surface area contributed by atoms with E-state index < -0.39 is 17.4 Å². The molecule has 2 amide bonds. The molecular formula is C22H21N3O6. The number of piperidine rings is 1. The van der Waals surface area contributed by atoms with Gasteiger partial charge >= 0.3 is 5.63 Å². The number of nitrogens with zero attached hydrogens (tertiary/aromatic N) is 2. The lowest BCUT2D eigenvalue weighted by molar-refractivity contribution is 0.0534. The Bertz CT molecular complexity index is 1210. The lowest BCUT2D eigenvalue weighted by atomic mass is 10.1. The van der Waals surface area contributed by atoms with Gasteiger partial charge in [0.1, 0.15) is 23.1 Å². The van der Waals surface area contributed by atoms with E-state index in [1.807, 2.05) is 0 Å². The third-order valence-corrected chi connectivity index (χ3v) is 5.13. The van der Waals surface area contributed by atoms with Gasteiger partial charge in [-0.25, -0.2) is 4.79 Å². The SMILES string of the molecule is COc1cccc2cc(C(=O)N3CCCC(Oc4ccnc(C(N)=O)c4)C3)c(=O)oc12. The molecule has 0 radical (unpaired) electrons. The van der Waals surface area contributed by atoms with Crippen molar-refractivity contribution < 1.29 is 23.5 Å². The number of amides is 2. The van der Waals surface area contributed by atoms with Crippen molar-refractivity contribution in [2.45, 2.75) is 18.9 Å². The van der Waals surface area contributed by atoms with Gasteiger partial charge in [-0.3, -0.25) is 14.6 Å². The van der Waals surface area contributed by atoms with Gasteiger partial charge in [-0.15, -0.1) is 0 Å². The summed E-state index contributed by atoms with van der Waals surface area (Å²) in [5.74, 6) is -0.196. The molecule has 31 heavy (non-hydrogen) atoms. The lowest BCUT2D eigenvalue weighted by Crippen LogP contribution is -2.45. The largest absolute Gasteiger partial charge is 0.493 e. The average Bonchev–Trinajstić information content (AvgIpc) is 2.78. The van der Waals surface area contributed by atoms with Gasteiger partial charge in [-0.2, -0.15) is 0 Å². The van der Waals surface area contributed by atoms with Gasteiger partial charge in [0.05, 0.1) is 13.7 Å². The normalized spacial score (nSPS) is 16.2. The number of pyridine rings is 1. The van der Waals surface area contributed by atoms with Crippen LogP contribution in [0.2, 0.25) is 0 Å². The number of hydrogen-bond acceptors (Lipinski definition) is 7. The Hall–Kier alpha value is -3.88. The van der Waals surface area contributed by atoms with Crippen LogP contribution in [0.4, 0.5) is 0 Å². The molecule has 0 saturated carbocycles. The first-order valence-corrected chi connectivity index (χ1v) is 9.79. The molecule has 1 aromatic carbocycles. The molecule has 3 aromatic rings. The Labute approximate surface area is 177 Å². The molecule has 1 aliphatic rings. The maximum Gasteiger partial charge on any atom is 0.349 e. The van der Waals surface area contributed by atoms with Gasteiger partial charge in [0.15, 0.2) is 11.3 Å². The Balaban J connectivity index is 1.54. The summed E-state index contributed by atoms with van der Waals surface area (Å²) in [5, 5.41) is 0.600. The number of methoxy groups -OCH3 is 1. The van der Waals surface area contributed by atoms with Gasteiger partial charge < -0.3 is 24.5 Å². The fourth-order valence-electron chi connectivity index (χ4n) is 3.63. The molecule has 9 heteroatoms. The van der Waals surface area contributed by atoms with E-state index in [-0.39, 0.29) is 17.4 Å². The second-order valence-corrected chi connectivity index (χ2v) is 7.20. The van der Waals surface area contributed by atoms with Crippen molar-refractivity contribution in [3.05, 3.63) is 64.3 Å². The number of fused-ring (bicyclic) bond motifs is 1. The Morgan fingerprint density at radius 1 is 1.26 bits per heavy atom. The third kappa shape index (κ3) is 4.20. The molecule has 1 aliphatic heterocycles. The lowest BCUT2D eigenvalue weighted by Gasteiger charge is -2.32. The van der Waals surface area contributed by atoms with Gasteiger partial charge in [0, 0.05) is 24.2 Å². The highest BCUT2D eigenvalue weighted by atomic mass is 16.5. The molecule has 3 heterocycles. The minimum Gasteiger partial charge on any atom is -0.493 e. The van der Waals surface area contributed by atoms with Crippen LogP contribution in [0.15, 0.2) is 51.8 Å². The van der Waals surface area contributed by atoms with Gasteiger partial charge in [-0.1, -0.05) is 12.1 Å². The highest BCUT2D eigenvalue weighted by Crippen LogP contribution is 2.25. The summed E-state index contributed by atoms with van der Waals surface area (Å²) in [7, 11) is 1.48. The number of carbonyl (C=O) groups is 2. The number of para-hydroxylation sites is 1. The molecule has 160 valence electrons. The maximum atomic E-state index is 13.1. The van der Waals surface area contributed by atoms with E-state index in [0.717, 1.165) is 6.42 Å². The summed E-state index contributed by atoms with van der Waals surface area (Å²) in [5.41, 5.74) is 4.90. The molecule has 1 unspecified atom stereocenters. The summed E-state index contributed by atoms with van der Waals surface area (Å²) in [6.45, 7) is 0.791. The van der Waals surface area contributed by atoms with Crippen LogP contribution >= 0.6 is 0 Å². The number of nitrogens with two attached hydrogens (primary N) is 1. The van der Waals surface area contributed by atoms with Crippen molar-refractivity contribution in [1.29, 1.82) is 0 Å². The van der Waals surface area contributed by atoms with Crippen molar-refractivity contribution in [2.75, 3.05) is 20.2 Å². The van der Waals surface area contributed by atoms with E-state index in [1.165, 1.54) is 25.4 Å². The zero-order valence-corrected chi connectivity index (χ0v) is 16.9. The molecule has 9 nitrogen and oxygen atoms in total. The van der Waals surface area contributed by atoms with Gasteiger partial charge in [-0.05, 0) is 31.0 Å². The number of likely N-dealkylation sites (tertiary alicyclic amines) is 1. The van der Waals surface area contributed by atoms with E-state index in [1.54, 1.807) is 29.2 Å². The molecule has 4 rings (SSSR count). The zero-order chi connectivity index (χ0) is 22.0. The molecule has 0 aliphatic carbocycles. The maximum absolute atomic E-state index is 13.1. The fraction of sp³-hybridized carbons (Fsp3) is 0.273. The quantitative estimate of drug-likeness (QED) is 0.622. The first-order chi connectivity index (χ1) is 15.0. The van der Waals surface area contributed by atoms with Gasteiger partial charge in [0.2, 0.25) is 0 Å². The van der Waals surface area contributed by atoms with Crippen LogP contribution in [0.5, 0.6) is 11.5 Å². The van der Waals surface area contributed by atoms with E-state index in [2.05, 4.69) is 4.98 Å². The zero-order valence-electron chi connectivity index (χ0n) is 16.9. The Morgan fingerprint density at radius 2 is 2.10 bits per heavy atom. The van der Waals surface area contributed by atoms with Crippen LogP contribution in [-0.4, -0.2) is 48.0 Å². The van der Waals surface area contributed by atoms with E-state index in [4.69, 9.17) is 19.6 Å². The Kier molecular flexibility index (Phi) is 5.57. The topological polar surface area (TPSA) is 125 Å². The fourth-order valence-corrected chi connectivity index (χ4v) is 3.63. The van der Waals surface area contributed by atoms with Crippen molar-refractivity contribution in [2.24, 2.45) is 5.73 Å². The summed E-state index contributed by atoms with van der Waals surface area (Å²) in [6.07, 6.45) is 2.57. The summed E-state index contributed by atoms with van der Waals surface area (Å²) in [4.78, 5) is 42.4. The van der Waals surface area contributed by atoms with E-state index in [0.29, 0.717) is 42.0 Å². The Morgan fingerprint density at radius 3 is 2.87 bits per heavy atom. The van der Waals surface area contributed by atoms with Crippen LogP contribution in [0.3, 0.4) is 0 Å². The predicted octanol–water partition coefficient (Wildman–Crippen LogP) is 1.98. The van der Waals surface area contributed by atoms with Crippen LogP contribution < -0.4 is 20.8 Å². The number of ether oxygens (including phenoxy) is 2. The number of hydrogen-bond donors (Lipinski definition) is 1. The molecule has 2 N–H and O–H groups in total. The first-order valence-electron chi connectivity index (χ1n) is 9.79. The average molecular weight is 423 g/mol. The van der Waals surface area contributed by atoms with Crippen LogP contribution in [0, 0.1) is 0 Å². The number of aromatic nitrogens is 1. The van der Waals surface area contributed by atoms with E-state index in [9.17, 15) is 14.4 Å². The summed E-state index contributed by atoms with van der Waals surface area (Å²) >= 11 is 0. The molecule has 1 fully saturated rings. The predicted molar refractivity (Wildman–Crippen MR) is 111 cm³/mol. The second kappa shape index (κ2) is 8.47. The molecule has 1 atom stereocenters. The molecule has 0 spiro atoms. The monoisotopic (exact) mass is 423 g/mol. The van der Waals surface area contributed by atoms with Crippen molar-refractivity contribution in [3.8, 4) is 11.5 Å². The number of rotatable bonds is 5. The number of primary amides is 1. The van der Waals surface area contributed by atoms with Crippen molar-refractivity contribution in [1.82, 2.24) is 9.88 Å². The molecule has 0 bridgehead atoms. The second-order valence-electron chi connectivity index (χ2n) is 7.20. The van der Waals surface area contributed by atoms with Crippen LogP contribution in [0.25, 0.3) is 11.0 Å². The first kappa shape index (κ1) is 20.4. The molecule has 1 saturated heterocycles. The minimum absolute atomic E-state index is 0.0404. The highest BCUT2D eigenvalue weighted by Gasteiger charge is 2.28. The third-order valence-electron chi connectivity index (χ3n) is 5.13. The van der Waals surface area contributed by atoms with E-state index >= 15 is 0 Å². The standard InChI is InChI=1S/C22H21N3O6/c1-29-18-6-2-4-13-10-16(22(28)31-19(13)18)21(27)25-9-3-5-15(12-25)30-14-7-8-24-17(11-14)20(23)26/h2,4,6-8,10-11,15H,3,5,9,12H2,1H3,(H2,23,26). The summed E-state index contributed by atoms with van der Waals surface area (Å²) in [6, 6.07) is 9.81. The summed E-state index contributed by atoms with van der Waals surface area (Å²) < 4.78 is 16.5. The highest BCUT2D eigenvalue weighted by molar-refractivity contribution is 5.97. The minimum atomic E-state index is -0.717. The molecular weight excluding hydrogens is 402 g/mol. The molecule has 2 aromatic heterocycles. The number of carbonyl (C=O) groups excluding carboxylic acids is 2. The van der Waals surface area contributed by atoms with Crippen LogP contribution in [-0.2, 0) is 0 Å². The smallest absolute Gasteiger partial charge is 0.349 e. The number of benzene rings is 1.